The van der Waals surface area contributed by atoms with Crippen LogP contribution in [0.4, 0.5) is 0 Å². The third-order valence-electron chi connectivity index (χ3n) is 3.79. The van der Waals surface area contributed by atoms with Crippen LogP contribution in [0.5, 0.6) is 5.75 Å². The molecule has 1 N–H and O–H groups in total. The molecule has 0 aliphatic rings. The summed E-state index contributed by atoms with van der Waals surface area (Å²) in [5.41, 5.74) is 1.71. The highest BCUT2D eigenvalue weighted by atomic mass is 16.3. The maximum atomic E-state index is 12.6. The molecule has 1 amide bonds. The molecule has 21 heavy (non-hydrogen) atoms. The fourth-order valence-corrected chi connectivity index (χ4v) is 2.38. The Balaban J connectivity index is 2.18. The maximum Gasteiger partial charge on any atom is 0.270 e. The van der Waals surface area contributed by atoms with E-state index < -0.39 is 0 Å². The number of nitrogens with zero attached hydrogens (tertiary/aromatic N) is 2. The first-order valence-electron chi connectivity index (χ1n) is 7.25. The minimum Gasteiger partial charge on any atom is -0.508 e. The van der Waals surface area contributed by atoms with E-state index in [1.807, 2.05) is 49.0 Å². The van der Waals surface area contributed by atoms with Crippen LogP contribution in [0.3, 0.4) is 0 Å². The number of phenolic OH excluding ortho intramolecular Hbond substituents is 1. The lowest BCUT2D eigenvalue weighted by molar-refractivity contribution is 0.0731. The van der Waals surface area contributed by atoms with E-state index in [1.165, 1.54) is 0 Å². The van der Waals surface area contributed by atoms with E-state index in [4.69, 9.17) is 0 Å². The number of hydrogen-bond acceptors (Lipinski definition) is 2. The minimum atomic E-state index is -0.0527. The second kappa shape index (κ2) is 6.48. The van der Waals surface area contributed by atoms with Gasteiger partial charge in [-0.05, 0) is 43.2 Å². The second-order valence-electron chi connectivity index (χ2n) is 5.27. The van der Waals surface area contributed by atoms with E-state index in [1.54, 1.807) is 17.0 Å². The van der Waals surface area contributed by atoms with Crippen LogP contribution in [0.1, 0.15) is 42.4 Å². The summed E-state index contributed by atoms with van der Waals surface area (Å²) in [5.74, 6) is 0.241. The van der Waals surface area contributed by atoms with Crippen molar-refractivity contribution >= 4 is 5.91 Å². The number of benzene rings is 1. The number of aromatic hydroxyl groups is 1. The van der Waals surface area contributed by atoms with Crippen molar-refractivity contribution in [1.82, 2.24) is 9.47 Å². The van der Waals surface area contributed by atoms with Crippen molar-refractivity contribution in [2.24, 2.45) is 0 Å². The van der Waals surface area contributed by atoms with Gasteiger partial charge in [-0.1, -0.05) is 19.1 Å². The summed E-state index contributed by atoms with van der Waals surface area (Å²) in [6.07, 6.45) is 2.93. The zero-order valence-electron chi connectivity index (χ0n) is 12.8. The monoisotopic (exact) mass is 286 g/mol. The normalized spacial score (nSPS) is 12.1. The molecular weight excluding hydrogens is 264 g/mol. The Morgan fingerprint density at radius 2 is 1.95 bits per heavy atom. The van der Waals surface area contributed by atoms with E-state index >= 15 is 0 Å². The quantitative estimate of drug-likeness (QED) is 0.915. The van der Waals surface area contributed by atoms with Crippen molar-refractivity contribution in [1.29, 1.82) is 0 Å². The molecule has 1 heterocycles. The predicted molar refractivity (Wildman–Crippen MR) is 83.3 cm³/mol. The van der Waals surface area contributed by atoms with Crippen LogP contribution in [-0.4, -0.2) is 27.5 Å². The molecule has 0 radical (unpaired) electrons. The fraction of sp³-hybridized carbons (Fsp3) is 0.353. The highest BCUT2D eigenvalue weighted by Gasteiger charge is 2.21. The van der Waals surface area contributed by atoms with Crippen molar-refractivity contribution in [3.05, 3.63) is 53.9 Å². The van der Waals surface area contributed by atoms with Gasteiger partial charge in [0.05, 0.1) is 6.04 Å². The number of amides is 1. The number of aryl methyl sites for hydroxylation is 1. The Morgan fingerprint density at radius 1 is 1.29 bits per heavy atom. The smallest absolute Gasteiger partial charge is 0.270 e. The molecule has 0 bridgehead atoms. The largest absolute Gasteiger partial charge is 0.508 e. The minimum absolute atomic E-state index is 0.00836. The first-order chi connectivity index (χ1) is 10.0. The van der Waals surface area contributed by atoms with E-state index in [0.29, 0.717) is 5.69 Å². The standard InChI is InChI=1S/C17H22N2O2/c1-4-11-19-12-5-6-16(19)17(21)18(3)13(2)14-7-9-15(20)10-8-14/h5-10,12-13,20H,4,11H2,1-3H3. The highest BCUT2D eigenvalue weighted by Crippen LogP contribution is 2.22. The number of carbonyl (C=O) groups is 1. The number of phenols is 1. The molecule has 0 saturated carbocycles. The van der Waals surface area contributed by atoms with Gasteiger partial charge < -0.3 is 14.6 Å². The second-order valence-corrected chi connectivity index (χ2v) is 5.27. The molecule has 2 rings (SSSR count). The summed E-state index contributed by atoms with van der Waals surface area (Å²) in [5, 5.41) is 9.35. The molecule has 0 fully saturated rings. The number of hydrogen-bond donors (Lipinski definition) is 1. The Kier molecular flexibility index (Phi) is 4.68. The van der Waals surface area contributed by atoms with E-state index in [9.17, 15) is 9.90 Å². The van der Waals surface area contributed by atoms with Crippen LogP contribution in [0, 0.1) is 0 Å². The van der Waals surface area contributed by atoms with Gasteiger partial charge in [-0.3, -0.25) is 4.79 Å². The van der Waals surface area contributed by atoms with Gasteiger partial charge in [0, 0.05) is 19.8 Å². The first-order valence-corrected chi connectivity index (χ1v) is 7.25. The van der Waals surface area contributed by atoms with Crippen molar-refractivity contribution in [2.75, 3.05) is 7.05 Å². The first kappa shape index (κ1) is 15.2. The molecule has 1 aromatic carbocycles. The molecule has 0 spiro atoms. The van der Waals surface area contributed by atoms with E-state index in [-0.39, 0.29) is 17.7 Å². The highest BCUT2D eigenvalue weighted by molar-refractivity contribution is 5.92. The maximum absolute atomic E-state index is 12.6. The molecule has 0 aliphatic heterocycles. The SMILES string of the molecule is CCCn1cccc1C(=O)N(C)C(C)c1ccc(O)cc1. The van der Waals surface area contributed by atoms with Crippen LogP contribution in [0.2, 0.25) is 0 Å². The van der Waals surface area contributed by atoms with Crippen molar-refractivity contribution in [2.45, 2.75) is 32.9 Å². The van der Waals surface area contributed by atoms with Crippen LogP contribution in [0.25, 0.3) is 0 Å². The molecule has 112 valence electrons. The van der Waals surface area contributed by atoms with Crippen LogP contribution in [-0.2, 0) is 6.54 Å². The summed E-state index contributed by atoms with van der Waals surface area (Å²) in [7, 11) is 1.81. The molecule has 0 aliphatic carbocycles. The Morgan fingerprint density at radius 3 is 2.57 bits per heavy atom. The summed E-state index contributed by atoms with van der Waals surface area (Å²) >= 11 is 0. The van der Waals surface area contributed by atoms with Crippen LogP contribution in [0.15, 0.2) is 42.6 Å². The molecule has 1 unspecified atom stereocenters. The lowest BCUT2D eigenvalue weighted by Gasteiger charge is -2.26. The molecule has 0 saturated heterocycles. The summed E-state index contributed by atoms with van der Waals surface area (Å²) in [6.45, 7) is 4.92. The van der Waals surface area contributed by atoms with Crippen LogP contribution >= 0.6 is 0 Å². The third kappa shape index (κ3) is 3.27. The Hall–Kier alpha value is -2.23. The van der Waals surface area contributed by atoms with Crippen molar-refractivity contribution in [3.8, 4) is 5.75 Å². The molecule has 1 atom stereocenters. The van der Waals surface area contributed by atoms with Crippen LogP contribution < -0.4 is 0 Å². The van der Waals surface area contributed by atoms with E-state index in [0.717, 1.165) is 18.5 Å². The zero-order valence-corrected chi connectivity index (χ0v) is 12.8. The number of aromatic nitrogens is 1. The van der Waals surface area contributed by atoms with Gasteiger partial charge in [-0.2, -0.15) is 0 Å². The molecule has 4 heteroatoms. The number of carbonyl (C=O) groups excluding carboxylic acids is 1. The topological polar surface area (TPSA) is 45.5 Å². The van der Waals surface area contributed by atoms with Gasteiger partial charge in [0.1, 0.15) is 11.4 Å². The molecule has 4 nitrogen and oxygen atoms in total. The average Bonchev–Trinajstić information content (AvgIpc) is 2.94. The van der Waals surface area contributed by atoms with Gasteiger partial charge in [0.15, 0.2) is 0 Å². The van der Waals surface area contributed by atoms with Crippen molar-refractivity contribution in [3.63, 3.8) is 0 Å². The summed E-state index contributed by atoms with van der Waals surface area (Å²) < 4.78 is 1.99. The average molecular weight is 286 g/mol. The number of rotatable bonds is 5. The lowest BCUT2D eigenvalue weighted by Crippen LogP contribution is -2.31. The summed E-state index contributed by atoms with van der Waals surface area (Å²) in [6, 6.07) is 10.7. The fourth-order valence-electron chi connectivity index (χ4n) is 2.38. The van der Waals surface area contributed by atoms with Gasteiger partial charge in [-0.15, -0.1) is 0 Å². The third-order valence-corrected chi connectivity index (χ3v) is 3.79. The van der Waals surface area contributed by atoms with Gasteiger partial charge in [0.25, 0.3) is 5.91 Å². The van der Waals surface area contributed by atoms with Gasteiger partial charge in [-0.25, -0.2) is 0 Å². The van der Waals surface area contributed by atoms with Gasteiger partial charge in [0.2, 0.25) is 0 Å². The molecule has 2 aromatic rings. The van der Waals surface area contributed by atoms with Crippen molar-refractivity contribution < 1.29 is 9.90 Å². The molecule has 1 aromatic heterocycles. The molecular formula is C17H22N2O2. The lowest BCUT2D eigenvalue weighted by atomic mass is 10.1. The summed E-state index contributed by atoms with van der Waals surface area (Å²) in [4.78, 5) is 14.4. The van der Waals surface area contributed by atoms with Gasteiger partial charge >= 0.3 is 0 Å². The Bertz CT molecular complexity index is 602. The Labute approximate surface area is 125 Å². The zero-order chi connectivity index (χ0) is 15.4. The predicted octanol–water partition coefficient (Wildman–Crippen LogP) is 3.44. The van der Waals surface area contributed by atoms with E-state index in [2.05, 4.69) is 6.92 Å².